The molecule has 2 heterocycles. The zero-order valence-corrected chi connectivity index (χ0v) is 21.1. The number of alkyl carbamates (subject to hydrolysis) is 1. The average molecular weight is 492 g/mol. The summed E-state index contributed by atoms with van der Waals surface area (Å²) >= 11 is 0. The first-order chi connectivity index (χ1) is 16.8. The number of nitrogens with one attached hydrogen (secondary N) is 2. The molecule has 0 saturated carbocycles. The van der Waals surface area contributed by atoms with Crippen LogP contribution in [0.1, 0.15) is 39.2 Å². The Hall–Kier alpha value is -2.20. The fraction of sp³-hybridized carbons (Fsp3) is 0.692. The number of benzene rings is 1. The third-order valence-electron chi connectivity index (χ3n) is 6.87. The second-order valence-electron chi connectivity index (χ2n) is 10.1. The highest BCUT2D eigenvalue weighted by molar-refractivity contribution is 5.83. The number of ether oxygens (including phenoxy) is 2. The zero-order valence-electron chi connectivity index (χ0n) is 21.1. The van der Waals surface area contributed by atoms with Crippen molar-refractivity contribution in [1.82, 2.24) is 15.5 Å². The molecule has 3 rings (SSSR count). The zero-order chi connectivity index (χ0) is 25.4. The van der Waals surface area contributed by atoms with Crippen LogP contribution in [0.2, 0.25) is 0 Å². The molecule has 1 aromatic rings. The van der Waals surface area contributed by atoms with Gasteiger partial charge in [0.2, 0.25) is 5.91 Å². The Morgan fingerprint density at radius 1 is 1.29 bits per heavy atom. The van der Waals surface area contributed by atoms with Gasteiger partial charge in [-0.15, -0.1) is 0 Å². The number of hydrogen-bond acceptors (Lipinski definition) is 7. The van der Waals surface area contributed by atoms with Gasteiger partial charge in [-0.2, -0.15) is 0 Å². The lowest BCUT2D eigenvalue weighted by molar-refractivity contribution is -0.124. The van der Waals surface area contributed by atoms with E-state index in [0.717, 1.165) is 5.56 Å². The number of amides is 2. The molecule has 2 saturated heterocycles. The Bertz CT molecular complexity index is 808. The fourth-order valence-electron chi connectivity index (χ4n) is 5.06. The molecule has 0 radical (unpaired) electrons. The van der Waals surface area contributed by atoms with Crippen LogP contribution in [0.3, 0.4) is 0 Å². The second-order valence-corrected chi connectivity index (χ2v) is 10.1. The number of hydrogen-bond donors (Lipinski definition) is 4. The first-order valence-corrected chi connectivity index (χ1v) is 12.7. The molecular formula is C26H41N3O6. The highest BCUT2D eigenvalue weighted by Crippen LogP contribution is 2.27. The van der Waals surface area contributed by atoms with Crippen LogP contribution in [0.4, 0.5) is 4.79 Å². The number of rotatable bonds is 12. The van der Waals surface area contributed by atoms with E-state index in [-0.39, 0.29) is 43.7 Å². The lowest BCUT2D eigenvalue weighted by Gasteiger charge is -2.33. The number of carbonyl (C=O) groups excluding carboxylic acids is 2. The topological polar surface area (TPSA) is 120 Å². The van der Waals surface area contributed by atoms with Gasteiger partial charge in [0, 0.05) is 32.2 Å². The van der Waals surface area contributed by atoms with Crippen LogP contribution in [0, 0.1) is 11.8 Å². The number of aliphatic hydroxyl groups excluding tert-OH is 2. The van der Waals surface area contributed by atoms with E-state index in [2.05, 4.69) is 24.5 Å². The predicted molar refractivity (Wildman–Crippen MR) is 132 cm³/mol. The van der Waals surface area contributed by atoms with Crippen LogP contribution in [-0.2, 0) is 20.7 Å². The first kappa shape index (κ1) is 27.4. The maximum atomic E-state index is 12.9. The van der Waals surface area contributed by atoms with E-state index < -0.39 is 24.3 Å². The van der Waals surface area contributed by atoms with Gasteiger partial charge in [-0.05, 0) is 37.7 Å². The monoisotopic (exact) mass is 491 g/mol. The molecular weight excluding hydrogens is 450 g/mol. The van der Waals surface area contributed by atoms with Gasteiger partial charge in [-0.3, -0.25) is 9.69 Å². The van der Waals surface area contributed by atoms with Gasteiger partial charge in [0.05, 0.1) is 30.9 Å². The Kier molecular flexibility index (Phi) is 10.3. The molecule has 0 aliphatic carbocycles. The highest BCUT2D eigenvalue weighted by atomic mass is 16.6. The third kappa shape index (κ3) is 7.90. The average Bonchev–Trinajstić information content (AvgIpc) is 3.39. The maximum absolute atomic E-state index is 12.9. The molecule has 2 aliphatic heterocycles. The first-order valence-electron chi connectivity index (χ1n) is 12.7. The molecule has 0 aromatic heterocycles. The Morgan fingerprint density at radius 2 is 2.03 bits per heavy atom. The smallest absolute Gasteiger partial charge is 0.407 e. The normalized spacial score (nSPS) is 26.1. The van der Waals surface area contributed by atoms with E-state index in [4.69, 9.17) is 9.47 Å². The van der Waals surface area contributed by atoms with Gasteiger partial charge < -0.3 is 30.3 Å². The molecule has 0 unspecified atom stereocenters. The highest BCUT2D eigenvalue weighted by Gasteiger charge is 2.38. The lowest BCUT2D eigenvalue weighted by atomic mass is 9.96. The Labute approximate surface area is 208 Å². The summed E-state index contributed by atoms with van der Waals surface area (Å²) < 4.78 is 11.3. The standard InChI is InChI=1S/C26H41N3O6/c1-17(2)14-29(22-9-11-27-25(22)32)15-23(31)21(13-19-7-5-4-6-8-19)28-26(33)35-24-16-34-18(3)20(24)10-12-30/h4-8,17-18,20-24,30-31H,9-16H2,1-3H3,(H,27,32)(H,28,33)/t18-,20+,21-,22-,23+,24-/m0/s1. The minimum atomic E-state index is -0.915. The van der Waals surface area contributed by atoms with Crippen molar-refractivity contribution in [2.45, 2.75) is 70.4 Å². The summed E-state index contributed by atoms with van der Waals surface area (Å²) in [5, 5.41) is 26.4. The summed E-state index contributed by atoms with van der Waals surface area (Å²) in [6, 6.07) is 8.76. The van der Waals surface area contributed by atoms with E-state index in [1.807, 2.05) is 42.2 Å². The summed E-state index contributed by atoms with van der Waals surface area (Å²) in [5.41, 5.74) is 0.974. The van der Waals surface area contributed by atoms with E-state index in [9.17, 15) is 19.8 Å². The molecule has 196 valence electrons. The summed E-state index contributed by atoms with van der Waals surface area (Å²) in [4.78, 5) is 27.3. The van der Waals surface area contributed by atoms with Gasteiger partial charge in [0.1, 0.15) is 6.10 Å². The summed E-state index contributed by atoms with van der Waals surface area (Å²) in [6.45, 7) is 7.89. The second kappa shape index (κ2) is 13.2. The van der Waals surface area contributed by atoms with Gasteiger partial charge in [0.25, 0.3) is 0 Å². The summed E-state index contributed by atoms with van der Waals surface area (Å²) in [7, 11) is 0. The van der Waals surface area contributed by atoms with Crippen molar-refractivity contribution >= 4 is 12.0 Å². The van der Waals surface area contributed by atoms with Crippen molar-refractivity contribution in [2.75, 3.05) is 32.8 Å². The van der Waals surface area contributed by atoms with Crippen molar-refractivity contribution < 1.29 is 29.3 Å². The van der Waals surface area contributed by atoms with Crippen LogP contribution in [0.15, 0.2) is 30.3 Å². The van der Waals surface area contributed by atoms with Crippen LogP contribution in [0.25, 0.3) is 0 Å². The van der Waals surface area contributed by atoms with Crippen LogP contribution < -0.4 is 10.6 Å². The molecule has 9 heteroatoms. The molecule has 35 heavy (non-hydrogen) atoms. The van der Waals surface area contributed by atoms with Gasteiger partial charge in [-0.25, -0.2) is 4.79 Å². The number of carbonyl (C=O) groups is 2. The number of nitrogens with zero attached hydrogens (tertiary/aromatic N) is 1. The van der Waals surface area contributed by atoms with E-state index in [1.54, 1.807) is 0 Å². The van der Waals surface area contributed by atoms with Crippen molar-refractivity contribution in [2.24, 2.45) is 11.8 Å². The largest absolute Gasteiger partial charge is 0.443 e. The van der Waals surface area contributed by atoms with Gasteiger partial charge >= 0.3 is 6.09 Å². The summed E-state index contributed by atoms with van der Waals surface area (Å²) in [5.74, 6) is 0.217. The molecule has 9 nitrogen and oxygen atoms in total. The van der Waals surface area contributed by atoms with Crippen LogP contribution in [-0.4, -0.2) is 90.4 Å². The minimum Gasteiger partial charge on any atom is -0.443 e. The third-order valence-corrected chi connectivity index (χ3v) is 6.87. The quantitative estimate of drug-likeness (QED) is 0.348. The van der Waals surface area contributed by atoms with Crippen LogP contribution in [0.5, 0.6) is 0 Å². The van der Waals surface area contributed by atoms with E-state index in [1.165, 1.54) is 0 Å². The molecule has 6 atom stereocenters. The predicted octanol–water partition coefficient (Wildman–Crippen LogP) is 1.32. The molecule has 2 fully saturated rings. The SMILES string of the molecule is CC(C)CN(C[C@@H](O)[C@H](Cc1ccccc1)NC(=O)O[C@H]1CO[C@@H](C)[C@H]1CCO)[C@H]1CCNC1=O. The molecule has 2 amide bonds. The molecule has 2 aliphatic rings. The molecule has 1 aromatic carbocycles. The van der Waals surface area contributed by atoms with Gasteiger partial charge in [-0.1, -0.05) is 44.2 Å². The minimum absolute atomic E-state index is 0.00434. The molecule has 0 bridgehead atoms. The van der Waals surface area contributed by atoms with Crippen molar-refractivity contribution in [3.8, 4) is 0 Å². The summed E-state index contributed by atoms with van der Waals surface area (Å²) in [6.07, 6.45) is -0.488. The lowest BCUT2D eigenvalue weighted by Crippen LogP contribution is -2.53. The fourth-order valence-corrected chi connectivity index (χ4v) is 5.06. The molecule has 0 spiro atoms. The van der Waals surface area contributed by atoms with Crippen molar-refractivity contribution in [3.05, 3.63) is 35.9 Å². The van der Waals surface area contributed by atoms with Gasteiger partial charge in [0.15, 0.2) is 0 Å². The maximum Gasteiger partial charge on any atom is 0.407 e. The molecule has 4 N–H and O–H groups in total. The van der Waals surface area contributed by atoms with E-state index >= 15 is 0 Å². The Morgan fingerprint density at radius 3 is 2.66 bits per heavy atom. The number of aliphatic hydroxyl groups is 2. The Balaban J connectivity index is 1.70. The van der Waals surface area contributed by atoms with Crippen molar-refractivity contribution in [1.29, 1.82) is 0 Å². The van der Waals surface area contributed by atoms with E-state index in [0.29, 0.717) is 38.3 Å². The van der Waals surface area contributed by atoms with Crippen LogP contribution >= 0.6 is 0 Å². The van der Waals surface area contributed by atoms with Crippen molar-refractivity contribution in [3.63, 3.8) is 0 Å².